The smallest absolute Gasteiger partial charge is 0.258 e. The van der Waals surface area contributed by atoms with Crippen molar-refractivity contribution in [1.29, 1.82) is 5.26 Å². The summed E-state index contributed by atoms with van der Waals surface area (Å²) in [5, 5.41) is 19.1. The van der Waals surface area contributed by atoms with Crippen LogP contribution in [0.2, 0.25) is 0 Å². The zero-order valence-corrected chi connectivity index (χ0v) is 8.28. The number of rotatable bonds is 3. The molecule has 0 spiro atoms. The Morgan fingerprint density at radius 2 is 2.31 bits per heavy atom. The molecule has 84 valence electrons. The van der Waals surface area contributed by atoms with Crippen molar-refractivity contribution in [2.24, 2.45) is 0 Å². The monoisotopic (exact) mass is 227 g/mol. The highest BCUT2D eigenvalue weighted by molar-refractivity contribution is 5.49. The van der Waals surface area contributed by atoms with Gasteiger partial charge in [-0.3, -0.25) is 15.1 Å². The van der Waals surface area contributed by atoms with E-state index in [0.717, 1.165) is 6.20 Å². The fourth-order valence-electron chi connectivity index (χ4n) is 1.35. The van der Waals surface area contributed by atoms with Gasteiger partial charge in [0.25, 0.3) is 12.1 Å². The highest BCUT2D eigenvalue weighted by Crippen LogP contribution is 2.33. The molecule has 0 aromatic carbocycles. The average molecular weight is 227 g/mol. The summed E-state index contributed by atoms with van der Waals surface area (Å²) in [6, 6.07) is 1.67. The van der Waals surface area contributed by atoms with Crippen LogP contribution in [0.1, 0.15) is 23.2 Å². The fraction of sp³-hybridized carbons (Fsp3) is 0.333. The minimum atomic E-state index is -2.99. The molecule has 0 amide bonds. The number of alkyl halides is 2. The number of hydrogen-bond donors (Lipinski definition) is 0. The Kier molecular flexibility index (Phi) is 3.45. The minimum Gasteiger partial charge on any atom is -0.258 e. The van der Waals surface area contributed by atoms with Gasteiger partial charge in [-0.2, -0.15) is 5.26 Å². The van der Waals surface area contributed by atoms with E-state index in [4.69, 9.17) is 5.26 Å². The Morgan fingerprint density at radius 1 is 1.69 bits per heavy atom. The van der Waals surface area contributed by atoms with E-state index >= 15 is 0 Å². The number of halogens is 2. The van der Waals surface area contributed by atoms with E-state index in [1.165, 1.54) is 6.92 Å². The van der Waals surface area contributed by atoms with Gasteiger partial charge >= 0.3 is 0 Å². The molecule has 0 radical (unpaired) electrons. The standard InChI is InChI=1S/C9H7F2N3O2/c1-5-8(14(15)16)7(9(10)11)6(2-3-12)4-13-5/h4,9H,2H2,1H3. The van der Waals surface area contributed by atoms with Crippen molar-refractivity contribution in [3.05, 3.63) is 33.1 Å². The van der Waals surface area contributed by atoms with E-state index in [-0.39, 0.29) is 17.7 Å². The molecule has 0 fully saturated rings. The number of nitriles is 1. The van der Waals surface area contributed by atoms with Crippen LogP contribution in [0.5, 0.6) is 0 Å². The van der Waals surface area contributed by atoms with Crippen LogP contribution in [-0.2, 0) is 6.42 Å². The molecule has 0 saturated carbocycles. The van der Waals surface area contributed by atoms with E-state index in [2.05, 4.69) is 4.98 Å². The Balaban J connectivity index is 3.51. The van der Waals surface area contributed by atoms with Crippen molar-refractivity contribution in [2.75, 3.05) is 0 Å². The van der Waals surface area contributed by atoms with Gasteiger partial charge < -0.3 is 0 Å². The molecular weight excluding hydrogens is 220 g/mol. The third-order valence-corrected chi connectivity index (χ3v) is 2.03. The summed E-state index contributed by atoms with van der Waals surface area (Å²) in [6.45, 7) is 1.28. The third-order valence-electron chi connectivity index (χ3n) is 2.03. The van der Waals surface area contributed by atoms with Gasteiger partial charge in [0.05, 0.1) is 17.4 Å². The van der Waals surface area contributed by atoms with Crippen molar-refractivity contribution in [3.63, 3.8) is 0 Å². The maximum absolute atomic E-state index is 12.7. The molecule has 1 heterocycles. The van der Waals surface area contributed by atoms with E-state index in [1.807, 2.05) is 0 Å². The molecule has 0 aliphatic carbocycles. The SMILES string of the molecule is Cc1ncc(CC#N)c(C(F)F)c1[N+](=O)[O-]. The van der Waals surface area contributed by atoms with Crippen LogP contribution in [0.3, 0.4) is 0 Å². The van der Waals surface area contributed by atoms with Crippen molar-refractivity contribution in [1.82, 2.24) is 4.98 Å². The molecule has 0 unspecified atom stereocenters. The van der Waals surface area contributed by atoms with Crippen LogP contribution in [0.15, 0.2) is 6.20 Å². The van der Waals surface area contributed by atoms with Crippen LogP contribution in [-0.4, -0.2) is 9.91 Å². The van der Waals surface area contributed by atoms with E-state index in [9.17, 15) is 18.9 Å². The van der Waals surface area contributed by atoms with Gasteiger partial charge in [0.1, 0.15) is 11.3 Å². The molecule has 0 saturated heterocycles. The fourth-order valence-corrected chi connectivity index (χ4v) is 1.35. The molecule has 0 atom stereocenters. The maximum Gasteiger partial charge on any atom is 0.299 e. The maximum atomic E-state index is 12.7. The first-order chi connectivity index (χ1) is 7.49. The number of aromatic nitrogens is 1. The predicted octanol–water partition coefficient (Wildman–Crippen LogP) is 2.30. The Morgan fingerprint density at radius 3 is 2.75 bits per heavy atom. The summed E-state index contributed by atoms with van der Waals surface area (Å²) in [5.74, 6) is 0. The number of nitro groups is 1. The third kappa shape index (κ3) is 2.11. The normalized spacial score (nSPS) is 10.2. The molecule has 1 aromatic rings. The van der Waals surface area contributed by atoms with Gasteiger partial charge in [0.2, 0.25) is 0 Å². The molecule has 0 aliphatic rings. The van der Waals surface area contributed by atoms with Crippen LogP contribution >= 0.6 is 0 Å². The summed E-state index contributed by atoms with van der Waals surface area (Å²) in [7, 11) is 0. The molecule has 5 nitrogen and oxygen atoms in total. The zero-order valence-electron chi connectivity index (χ0n) is 8.28. The lowest BCUT2D eigenvalue weighted by atomic mass is 10.0. The number of hydrogen-bond acceptors (Lipinski definition) is 4. The number of aryl methyl sites for hydroxylation is 1. The molecule has 1 rings (SSSR count). The number of nitrogens with zero attached hydrogens (tertiary/aromatic N) is 3. The van der Waals surface area contributed by atoms with Crippen molar-refractivity contribution < 1.29 is 13.7 Å². The summed E-state index contributed by atoms with van der Waals surface area (Å²) < 4.78 is 25.4. The Hall–Kier alpha value is -2.10. The Labute approximate surface area is 89.5 Å². The van der Waals surface area contributed by atoms with Gasteiger partial charge in [-0.15, -0.1) is 0 Å². The lowest BCUT2D eigenvalue weighted by molar-refractivity contribution is -0.387. The summed E-state index contributed by atoms with van der Waals surface area (Å²) >= 11 is 0. The van der Waals surface area contributed by atoms with Crippen LogP contribution in [0, 0.1) is 28.4 Å². The topological polar surface area (TPSA) is 79.8 Å². The average Bonchev–Trinajstić information content (AvgIpc) is 2.19. The van der Waals surface area contributed by atoms with Gasteiger partial charge in [0, 0.05) is 11.8 Å². The number of pyridine rings is 1. The Bertz CT molecular complexity index is 469. The second kappa shape index (κ2) is 4.61. The molecule has 7 heteroatoms. The molecular formula is C9H7F2N3O2. The molecule has 0 aliphatic heterocycles. The molecule has 0 N–H and O–H groups in total. The van der Waals surface area contributed by atoms with Gasteiger partial charge in [-0.1, -0.05) is 0 Å². The van der Waals surface area contributed by atoms with Crippen LogP contribution in [0.4, 0.5) is 14.5 Å². The van der Waals surface area contributed by atoms with E-state index < -0.39 is 22.6 Å². The summed E-state index contributed by atoms with van der Waals surface area (Å²) in [5.41, 5.74) is -1.60. The summed E-state index contributed by atoms with van der Waals surface area (Å²) in [6.07, 6.45) is -2.24. The zero-order chi connectivity index (χ0) is 12.3. The molecule has 16 heavy (non-hydrogen) atoms. The van der Waals surface area contributed by atoms with Crippen molar-refractivity contribution >= 4 is 5.69 Å². The highest BCUT2D eigenvalue weighted by Gasteiger charge is 2.28. The predicted molar refractivity (Wildman–Crippen MR) is 49.9 cm³/mol. The van der Waals surface area contributed by atoms with Crippen molar-refractivity contribution in [3.8, 4) is 6.07 Å². The van der Waals surface area contributed by atoms with E-state index in [0.29, 0.717) is 0 Å². The minimum absolute atomic E-state index is 0.0815. The molecule has 0 bridgehead atoms. The van der Waals surface area contributed by atoms with E-state index in [1.54, 1.807) is 6.07 Å². The lowest BCUT2D eigenvalue weighted by Crippen LogP contribution is -2.05. The first kappa shape index (κ1) is 12.0. The lowest BCUT2D eigenvalue weighted by Gasteiger charge is -2.07. The van der Waals surface area contributed by atoms with Gasteiger partial charge in [0.15, 0.2) is 0 Å². The van der Waals surface area contributed by atoms with Crippen LogP contribution < -0.4 is 0 Å². The van der Waals surface area contributed by atoms with Crippen molar-refractivity contribution in [2.45, 2.75) is 19.8 Å². The molecule has 1 aromatic heterocycles. The largest absolute Gasteiger partial charge is 0.299 e. The second-order valence-electron chi connectivity index (χ2n) is 3.02. The summed E-state index contributed by atoms with van der Waals surface area (Å²) in [4.78, 5) is 13.4. The highest BCUT2D eigenvalue weighted by atomic mass is 19.3. The van der Waals surface area contributed by atoms with Gasteiger partial charge in [-0.25, -0.2) is 8.78 Å². The van der Waals surface area contributed by atoms with Gasteiger partial charge in [-0.05, 0) is 6.92 Å². The quantitative estimate of drug-likeness (QED) is 0.586. The van der Waals surface area contributed by atoms with Crippen LogP contribution in [0.25, 0.3) is 0 Å². The first-order valence-electron chi connectivity index (χ1n) is 4.27. The first-order valence-corrected chi connectivity index (χ1v) is 4.27. The second-order valence-corrected chi connectivity index (χ2v) is 3.02.